The van der Waals surface area contributed by atoms with E-state index in [1.807, 2.05) is 4.98 Å². The van der Waals surface area contributed by atoms with Crippen molar-refractivity contribution in [1.29, 1.82) is 0 Å². The Morgan fingerprint density at radius 2 is 2.00 bits per heavy atom. The highest BCUT2D eigenvalue weighted by molar-refractivity contribution is 7.46. The number of aliphatic hydroxyl groups excluding tert-OH is 2. The van der Waals surface area contributed by atoms with E-state index in [1.165, 1.54) is 0 Å². The van der Waals surface area contributed by atoms with E-state index in [4.69, 9.17) is 14.5 Å². The Labute approximate surface area is 116 Å². The van der Waals surface area contributed by atoms with Crippen LogP contribution in [0, 0.1) is 0 Å². The van der Waals surface area contributed by atoms with Gasteiger partial charge in [-0.3, -0.25) is 18.9 Å². The molecule has 0 bridgehead atoms. The minimum atomic E-state index is -4.76. The van der Waals surface area contributed by atoms with Gasteiger partial charge < -0.3 is 24.7 Å². The SMILES string of the molecule is O=c1ccn([C@@H]2O[C@H](COP(=O)(O)O)C(O)[C@@H]2O)c(=O)[nH]1. The van der Waals surface area contributed by atoms with Crippen LogP contribution >= 0.6 is 7.82 Å². The largest absolute Gasteiger partial charge is 0.469 e. The van der Waals surface area contributed by atoms with Gasteiger partial charge in [0, 0.05) is 12.3 Å². The molecule has 1 aliphatic rings. The maximum atomic E-state index is 11.6. The number of phosphoric acid groups is 1. The summed E-state index contributed by atoms with van der Waals surface area (Å²) in [5, 5.41) is 19.6. The first-order chi connectivity index (χ1) is 9.69. The van der Waals surface area contributed by atoms with Crippen molar-refractivity contribution in [2.24, 2.45) is 0 Å². The monoisotopic (exact) mass is 324 g/mol. The van der Waals surface area contributed by atoms with Crippen LogP contribution in [-0.2, 0) is 13.8 Å². The number of hydrogen-bond acceptors (Lipinski definition) is 7. The summed E-state index contributed by atoms with van der Waals surface area (Å²) in [6.45, 7) is -0.683. The molecule has 0 radical (unpaired) electrons. The van der Waals surface area contributed by atoms with Gasteiger partial charge in [0.25, 0.3) is 5.56 Å². The van der Waals surface area contributed by atoms with Crippen molar-refractivity contribution in [3.05, 3.63) is 33.1 Å². The third kappa shape index (κ3) is 3.66. The molecule has 0 aliphatic carbocycles. The Hall–Kier alpha value is -1.33. The first-order valence-electron chi connectivity index (χ1n) is 5.72. The summed E-state index contributed by atoms with van der Waals surface area (Å²) >= 11 is 0. The smallest absolute Gasteiger partial charge is 0.387 e. The molecule has 0 amide bonds. The number of hydrogen-bond donors (Lipinski definition) is 5. The predicted octanol–water partition coefficient (Wildman–Crippen LogP) is -2.73. The number of H-pyrrole nitrogens is 1. The maximum Gasteiger partial charge on any atom is 0.469 e. The van der Waals surface area contributed by atoms with Gasteiger partial charge in [0.15, 0.2) is 6.23 Å². The molecule has 5 N–H and O–H groups in total. The Morgan fingerprint density at radius 3 is 2.57 bits per heavy atom. The molecular weight excluding hydrogens is 311 g/mol. The number of nitrogens with one attached hydrogen (secondary N) is 1. The molecule has 12 heteroatoms. The lowest BCUT2D eigenvalue weighted by Crippen LogP contribution is -2.37. The average Bonchev–Trinajstić information content (AvgIpc) is 2.64. The molecule has 11 nitrogen and oxygen atoms in total. The van der Waals surface area contributed by atoms with Crippen molar-refractivity contribution < 1.29 is 33.8 Å². The molecule has 1 fully saturated rings. The van der Waals surface area contributed by atoms with Crippen molar-refractivity contribution in [3.63, 3.8) is 0 Å². The number of phosphoric ester groups is 1. The van der Waals surface area contributed by atoms with Crippen molar-refractivity contribution in [2.45, 2.75) is 24.5 Å². The van der Waals surface area contributed by atoms with Gasteiger partial charge >= 0.3 is 13.5 Å². The zero-order valence-electron chi connectivity index (χ0n) is 10.4. The highest BCUT2D eigenvalue weighted by Gasteiger charge is 2.44. The van der Waals surface area contributed by atoms with Gasteiger partial charge in [0.1, 0.15) is 18.3 Å². The van der Waals surface area contributed by atoms with Gasteiger partial charge in [-0.2, -0.15) is 0 Å². The van der Waals surface area contributed by atoms with Gasteiger partial charge in [0.05, 0.1) is 6.61 Å². The number of aliphatic hydroxyl groups is 2. The second-order valence-electron chi connectivity index (χ2n) is 4.35. The molecule has 1 aromatic heterocycles. The lowest BCUT2D eigenvalue weighted by atomic mass is 10.1. The third-order valence-corrected chi connectivity index (χ3v) is 3.35. The van der Waals surface area contributed by atoms with Crippen molar-refractivity contribution in [3.8, 4) is 0 Å². The van der Waals surface area contributed by atoms with E-state index < -0.39 is 50.2 Å². The summed E-state index contributed by atoms with van der Waals surface area (Å²) in [6, 6.07) is 1.02. The fraction of sp³-hybridized carbons (Fsp3) is 0.556. The van der Waals surface area contributed by atoms with E-state index >= 15 is 0 Å². The van der Waals surface area contributed by atoms with E-state index in [0.717, 1.165) is 16.8 Å². The van der Waals surface area contributed by atoms with Gasteiger partial charge in [-0.05, 0) is 0 Å². The number of rotatable bonds is 4. The Balaban J connectivity index is 2.18. The molecule has 0 saturated carbocycles. The zero-order chi connectivity index (χ0) is 15.8. The predicted molar refractivity (Wildman–Crippen MR) is 65.2 cm³/mol. The van der Waals surface area contributed by atoms with Gasteiger partial charge in [0.2, 0.25) is 0 Å². The molecule has 1 saturated heterocycles. The highest BCUT2D eigenvalue weighted by atomic mass is 31.2. The van der Waals surface area contributed by atoms with Crippen LogP contribution in [-0.4, -0.2) is 54.5 Å². The maximum absolute atomic E-state index is 11.6. The summed E-state index contributed by atoms with van der Waals surface area (Å²) in [6.07, 6.45) is -4.58. The zero-order valence-corrected chi connectivity index (χ0v) is 11.3. The molecule has 0 aromatic carbocycles. The van der Waals surface area contributed by atoms with Crippen LogP contribution in [0.1, 0.15) is 6.23 Å². The second-order valence-corrected chi connectivity index (χ2v) is 5.59. The van der Waals surface area contributed by atoms with Crippen molar-refractivity contribution >= 4 is 7.82 Å². The second kappa shape index (κ2) is 5.81. The van der Waals surface area contributed by atoms with Crippen molar-refractivity contribution in [1.82, 2.24) is 9.55 Å². The van der Waals surface area contributed by atoms with Gasteiger partial charge in [-0.1, -0.05) is 0 Å². The van der Waals surface area contributed by atoms with E-state index in [-0.39, 0.29) is 0 Å². The lowest BCUT2D eigenvalue weighted by Gasteiger charge is -2.16. The summed E-state index contributed by atoms with van der Waals surface area (Å²) in [5.74, 6) is 0. The number of aromatic nitrogens is 2. The van der Waals surface area contributed by atoms with Crippen LogP contribution in [0.2, 0.25) is 0 Å². The van der Waals surface area contributed by atoms with Crippen LogP contribution in [0.25, 0.3) is 0 Å². The van der Waals surface area contributed by atoms with E-state index in [1.54, 1.807) is 0 Å². The van der Waals surface area contributed by atoms with E-state index in [0.29, 0.717) is 0 Å². The van der Waals surface area contributed by atoms with Gasteiger partial charge in [-0.15, -0.1) is 0 Å². The third-order valence-electron chi connectivity index (χ3n) is 2.87. The molecule has 118 valence electrons. The topological polar surface area (TPSA) is 171 Å². The Morgan fingerprint density at radius 1 is 1.33 bits per heavy atom. The quantitative estimate of drug-likeness (QED) is 0.368. The molecular formula is C9H13N2O9P. The van der Waals surface area contributed by atoms with Crippen molar-refractivity contribution in [2.75, 3.05) is 6.61 Å². The van der Waals surface area contributed by atoms with Crippen LogP contribution in [0.15, 0.2) is 21.9 Å². The number of aromatic amines is 1. The van der Waals surface area contributed by atoms with Crippen LogP contribution in [0.5, 0.6) is 0 Å². The summed E-state index contributed by atoms with van der Waals surface area (Å²) in [4.78, 5) is 41.6. The highest BCUT2D eigenvalue weighted by Crippen LogP contribution is 2.38. The Kier molecular flexibility index (Phi) is 4.44. The molecule has 0 spiro atoms. The molecule has 21 heavy (non-hydrogen) atoms. The fourth-order valence-corrected chi connectivity index (χ4v) is 2.24. The standard InChI is InChI=1S/C9H13N2O9P/c12-5-1-2-11(9(15)10-5)8-7(14)6(13)4(20-8)3-19-21(16,17)18/h1-2,4,6-8,13-14H,3H2,(H,10,12,15)(H2,16,17,18)/t4-,6?,7+,8-/m1/s1. The number of nitrogens with zero attached hydrogens (tertiary/aromatic N) is 1. The molecule has 1 aromatic rings. The van der Waals surface area contributed by atoms with Crippen LogP contribution in [0.3, 0.4) is 0 Å². The molecule has 4 atom stereocenters. The normalized spacial score (nSPS) is 29.7. The van der Waals surface area contributed by atoms with E-state index in [2.05, 4.69) is 4.52 Å². The molecule has 2 heterocycles. The summed E-state index contributed by atoms with van der Waals surface area (Å²) < 4.78 is 20.8. The Bertz CT molecular complexity index is 664. The van der Waals surface area contributed by atoms with Crippen LogP contribution < -0.4 is 11.2 Å². The molecule has 1 unspecified atom stereocenters. The first-order valence-corrected chi connectivity index (χ1v) is 7.25. The minimum absolute atomic E-state index is 0.648. The van der Waals surface area contributed by atoms with Gasteiger partial charge in [-0.25, -0.2) is 9.36 Å². The van der Waals surface area contributed by atoms with E-state index in [9.17, 15) is 24.4 Å². The molecule has 1 aliphatic heterocycles. The van der Waals surface area contributed by atoms with Crippen LogP contribution in [0.4, 0.5) is 0 Å². The first kappa shape index (κ1) is 16.0. The lowest BCUT2D eigenvalue weighted by molar-refractivity contribution is -0.0543. The number of ether oxygens (including phenoxy) is 1. The summed E-state index contributed by atoms with van der Waals surface area (Å²) in [7, 11) is -4.76. The average molecular weight is 324 g/mol. The summed E-state index contributed by atoms with van der Waals surface area (Å²) in [5.41, 5.74) is -1.51. The fourth-order valence-electron chi connectivity index (χ4n) is 1.89. The molecule has 2 rings (SSSR count). The minimum Gasteiger partial charge on any atom is -0.387 e.